The van der Waals surface area contributed by atoms with Gasteiger partial charge in [0, 0.05) is 41.8 Å². The summed E-state index contributed by atoms with van der Waals surface area (Å²) in [7, 11) is 0. The van der Waals surface area contributed by atoms with E-state index in [1.54, 1.807) is 0 Å². The van der Waals surface area contributed by atoms with Gasteiger partial charge in [-0.05, 0) is 31.2 Å². The highest BCUT2D eigenvalue weighted by Gasteiger charge is 2.16. The lowest BCUT2D eigenvalue weighted by Crippen LogP contribution is -2.39. The zero-order chi connectivity index (χ0) is 15.4. The molecule has 1 aliphatic heterocycles. The van der Waals surface area contributed by atoms with Gasteiger partial charge in [-0.1, -0.05) is 0 Å². The predicted molar refractivity (Wildman–Crippen MR) is 96.2 cm³/mol. The maximum atomic E-state index is 12.0. The van der Waals surface area contributed by atoms with Gasteiger partial charge >= 0.3 is 0 Å². The fourth-order valence-corrected chi connectivity index (χ4v) is 3.31. The summed E-state index contributed by atoms with van der Waals surface area (Å²) in [6, 6.07) is 7.85. The van der Waals surface area contributed by atoms with Gasteiger partial charge in [-0.15, -0.1) is 12.4 Å². The zero-order valence-corrected chi connectivity index (χ0v) is 14.5. The van der Waals surface area contributed by atoms with Crippen LogP contribution in [-0.2, 0) is 4.79 Å². The van der Waals surface area contributed by atoms with E-state index in [1.807, 2.05) is 43.0 Å². The molecule has 8 heteroatoms. The summed E-state index contributed by atoms with van der Waals surface area (Å²) in [5.41, 5.74) is 1.72. The number of aryl methyl sites for hydroxylation is 1. The van der Waals surface area contributed by atoms with E-state index in [2.05, 4.69) is 25.8 Å². The highest BCUT2D eigenvalue weighted by atomic mass is 35.5. The van der Waals surface area contributed by atoms with E-state index >= 15 is 0 Å². The molecular formula is C15H20ClN5OS. The fourth-order valence-electron chi connectivity index (χ4n) is 2.36. The first kappa shape index (κ1) is 17.8. The van der Waals surface area contributed by atoms with E-state index in [0.717, 1.165) is 35.1 Å². The van der Waals surface area contributed by atoms with E-state index in [-0.39, 0.29) is 24.4 Å². The van der Waals surface area contributed by atoms with Crippen LogP contribution in [0.3, 0.4) is 0 Å². The molecule has 2 heterocycles. The number of nitrogens with zero attached hydrogens (tertiary/aromatic N) is 2. The van der Waals surface area contributed by atoms with E-state index < -0.39 is 0 Å². The number of amides is 1. The first-order valence-corrected chi connectivity index (χ1v) is 8.46. The van der Waals surface area contributed by atoms with Crippen molar-refractivity contribution < 1.29 is 4.79 Å². The van der Waals surface area contributed by atoms with Gasteiger partial charge in [0.25, 0.3) is 0 Å². The number of nitrogens with one attached hydrogen (secondary N) is 3. The third-order valence-electron chi connectivity index (χ3n) is 3.45. The molecule has 1 unspecified atom stereocenters. The van der Waals surface area contributed by atoms with Gasteiger partial charge < -0.3 is 10.6 Å². The minimum Gasteiger partial charge on any atom is -0.326 e. The number of aromatic nitrogens is 3. The second-order valence-electron chi connectivity index (χ2n) is 5.30. The maximum Gasteiger partial charge on any atom is 0.225 e. The van der Waals surface area contributed by atoms with Gasteiger partial charge in [-0.25, -0.2) is 4.98 Å². The van der Waals surface area contributed by atoms with Gasteiger partial charge in [-0.2, -0.15) is 16.9 Å². The molecule has 1 saturated heterocycles. The van der Waals surface area contributed by atoms with Gasteiger partial charge in [0.05, 0.1) is 0 Å². The van der Waals surface area contributed by atoms with Crippen LogP contribution >= 0.6 is 24.2 Å². The molecule has 1 fully saturated rings. The molecule has 3 rings (SSSR count). The van der Waals surface area contributed by atoms with Crippen LogP contribution in [0.2, 0.25) is 0 Å². The summed E-state index contributed by atoms with van der Waals surface area (Å²) < 4.78 is 0. The lowest BCUT2D eigenvalue weighted by molar-refractivity contribution is -0.116. The number of carbonyl (C=O) groups excluding carboxylic acids is 1. The molecule has 3 N–H and O–H groups in total. The Morgan fingerprint density at radius 3 is 2.78 bits per heavy atom. The van der Waals surface area contributed by atoms with Crippen LogP contribution in [0.15, 0.2) is 24.3 Å². The second kappa shape index (κ2) is 8.33. The molecule has 0 radical (unpaired) electrons. The molecule has 124 valence electrons. The molecule has 1 amide bonds. The van der Waals surface area contributed by atoms with Crippen LogP contribution in [-0.4, -0.2) is 45.2 Å². The van der Waals surface area contributed by atoms with Gasteiger partial charge in [0.2, 0.25) is 5.91 Å². The Labute approximate surface area is 145 Å². The molecule has 1 aromatic heterocycles. The Balaban J connectivity index is 0.00000192. The van der Waals surface area contributed by atoms with Crippen molar-refractivity contribution in [1.29, 1.82) is 0 Å². The zero-order valence-electron chi connectivity index (χ0n) is 12.8. The van der Waals surface area contributed by atoms with Crippen LogP contribution in [0.25, 0.3) is 11.4 Å². The molecule has 23 heavy (non-hydrogen) atoms. The third kappa shape index (κ3) is 4.95. The van der Waals surface area contributed by atoms with Crippen molar-refractivity contribution in [3.63, 3.8) is 0 Å². The first-order chi connectivity index (χ1) is 10.7. The number of halogens is 1. The molecule has 0 saturated carbocycles. The normalized spacial score (nSPS) is 17.3. The average Bonchev–Trinajstić information content (AvgIpc) is 2.95. The number of aromatic amines is 1. The van der Waals surface area contributed by atoms with Crippen LogP contribution in [0, 0.1) is 6.92 Å². The third-order valence-corrected chi connectivity index (χ3v) is 4.59. The molecule has 0 spiro atoms. The Kier molecular flexibility index (Phi) is 6.44. The summed E-state index contributed by atoms with van der Waals surface area (Å²) in [4.78, 5) is 16.3. The summed E-state index contributed by atoms with van der Waals surface area (Å²) in [6.07, 6.45) is 0.509. The molecule has 2 aromatic rings. The minimum absolute atomic E-state index is 0. The quantitative estimate of drug-likeness (QED) is 0.785. The Bertz CT molecular complexity index is 640. The molecule has 1 aromatic carbocycles. The number of anilines is 1. The van der Waals surface area contributed by atoms with Gasteiger partial charge in [0.1, 0.15) is 5.82 Å². The number of hydrogen-bond acceptors (Lipinski definition) is 5. The van der Waals surface area contributed by atoms with Crippen LogP contribution in [0.5, 0.6) is 0 Å². The Morgan fingerprint density at radius 1 is 1.39 bits per heavy atom. The topological polar surface area (TPSA) is 82.7 Å². The summed E-state index contributed by atoms with van der Waals surface area (Å²) in [5, 5.41) is 13.2. The maximum absolute atomic E-state index is 12.0. The van der Waals surface area contributed by atoms with Crippen LogP contribution < -0.4 is 10.6 Å². The van der Waals surface area contributed by atoms with Crippen molar-refractivity contribution in [3.8, 4) is 11.4 Å². The van der Waals surface area contributed by atoms with Crippen LogP contribution in [0.4, 0.5) is 5.69 Å². The van der Waals surface area contributed by atoms with Crippen molar-refractivity contribution in [2.45, 2.75) is 19.4 Å². The van der Waals surface area contributed by atoms with Crippen molar-refractivity contribution in [3.05, 3.63) is 30.1 Å². The van der Waals surface area contributed by atoms with Crippen LogP contribution in [0.1, 0.15) is 12.2 Å². The van der Waals surface area contributed by atoms with E-state index in [1.165, 1.54) is 0 Å². The Hall–Kier alpha value is -1.57. The smallest absolute Gasteiger partial charge is 0.225 e. The molecule has 1 aliphatic rings. The predicted octanol–water partition coefficient (Wildman–Crippen LogP) is 2.24. The number of thioether (sulfide) groups is 1. The number of carbonyl (C=O) groups is 1. The van der Waals surface area contributed by atoms with Crippen molar-refractivity contribution in [2.75, 3.05) is 23.4 Å². The second-order valence-corrected chi connectivity index (χ2v) is 6.45. The van der Waals surface area contributed by atoms with Gasteiger partial charge in [-0.3, -0.25) is 9.89 Å². The highest BCUT2D eigenvalue weighted by Crippen LogP contribution is 2.18. The number of hydrogen-bond donors (Lipinski definition) is 3. The molecule has 6 nitrogen and oxygen atoms in total. The Morgan fingerprint density at radius 2 is 2.17 bits per heavy atom. The molecule has 0 bridgehead atoms. The van der Waals surface area contributed by atoms with E-state index in [9.17, 15) is 4.79 Å². The van der Waals surface area contributed by atoms with E-state index in [0.29, 0.717) is 12.2 Å². The average molecular weight is 354 g/mol. The highest BCUT2D eigenvalue weighted by molar-refractivity contribution is 7.99. The molecular weight excluding hydrogens is 334 g/mol. The SMILES string of the molecule is Cc1nc(-c2ccc(NC(=O)CC3CSCCN3)cc2)n[nH]1.Cl. The number of benzene rings is 1. The van der Waals surface area contributed by atoms with Gasteiger partial charge in [0.15, 0.2) is 5.82 Å². The lowest BCUT2D eigenvalue weighted by atomic mass is 10.2. The van der Waals surface area contributed by atoms with E-state index in [4.69, 9.17) is 0 Å². The van der Waals surface area contributed by atoms with Crippen molar-refractivity contribution >= 4 is 35.8 Å². The lowest BCUT2D eigenvalue weighted by Gasteiger charge is -2.22. The summed E-state index contributed by atoms with van der Waals surface area (Å²) in [5.74, 6) is 3.61. The molecule has 0 aliphatic carbocycles. The monoisotopic (exact) mass is 353 g/mol. The number of H-pyrrole nitrogens is 1. The fraction of sp³-hybridized carbons (Fsp3) is 0.400. The van der Waals surface area contributed by atoms with Crippen molar-refractivity contribution in [2.24, 2.45) is 0 Å². The first-order valence-electron chi connectivity index (χ1n) is 7.31. The summed E-state index contributed by atoms with van der Waals surface area (Å²) >= 11 is 1.89. The minimum atomic E-state index is 0. The van der Waals surface area contributed by atoms with Crippen molar-refractivity contribution in [1.82, 2.24) is 20.5 Å². The molecule has 1 atom stereocenters. The number of rotatable bonds is 4. The largest absolute Gasteiger partial charge is 0.326 e. The standard InChI is InChI=1S/C15H19N5OS.ClH/c1-10-17-15(20-19-10)11-2-4-12(5-3-11)18-14(21)8-13-9-22-7-6-16-13;/h2-5,13,16H,6-9H2,1H3,(H,18,21)(H,17,19,20);1H. The summed E-state index contributed by atoms with van der Waals surface area (Å²) in [6.45, 7) is 2.84.